The number of hydrogen-bond acceptors (Lipinski definition) is 2. The Morgan fingerprint density at radius 1 is 1.00 bits per heavy atom. The van der Waals surface area contributed by atoms with Crippen molar-refractivity contribution in [2.75, 3.05) is 26.2 Å². The standard InChI is InChI=1S/C17H34N2/c1-3-16-8-6-12-19(13-10-16)14-11-18-17-9-5-4-7-15(17)2/h15-18H,3-14H2,1-2H3. The molecule has 0 spiro atoms. The van der Waals surface area contributed by atoms with Crippen molar-refractivity contribution in [1.29, 1.82) is 0 Å². The van der Waals surface area contributed by atoms with Crippen LogP contribution in [0.25, 0.3) is 0 Å². The minimum atomic E-state index is 0.795. The van der Waals surface area contributed by atoms with Crippen LogP contribution in [0.15, 0.2) is 0 Å². The zero-order valence-corrected chi connectivity index (χ0v) is 13.2. The van der Waals surface area contributed by atoms with Crippen molar-refractivity contribution in [2.24, 2.45) is 11.8 Å². The fraction of sp³-hybridized carbons (Fsp3) is 1.00. The first-order chi connectivity index (χ1) is 9.29. The first kappa shape index (κ1) is 15.3. The van der Waals surface area contributed by atoms with E-state index in [1.54, 1.807) is 0 Å². The molecule has 1 heterocycles. The van der Waals surface area contributed by atoms with Crippen molar-refractivity contribution < 1.29 is 0 Å². The lowest BCUT2D eigenvalue weighted by molar-refractivity contribution is 0.243. The van der Waals surface area contributed by atoms with Crippen LogP contribution < -0.4 is 5.32 Å². The SMILES string of the molecule is CCC1CCCN(CCNC2CCCCC2C)CC1. The van der Waals surface area contributed by atoms with Crippen LogP contribution in [0.1, 0.15) is 65.2 Å². The molecule has 0 bridgehead atoms. The van der Waals surface area contributed by atoms with E-state index in [1.165, 1.54) is 77.5 Å². The van der Waals surface area contributed by atoms with E-state index in [1.807, 2.05) is 0 Å². The molecule has 1 aliphatic heterocycles. The molecule has 1 saturated heterocycles. The Labute approximate surface area is 120 Å². The molecule has 0 aromatic rings. The maximum absolute atomic E-state index is 3.82. The molecule has 3 unspecified atom stereocenters. The van der Waals surface area contributed by atoms with Gasteiger partial charge in [0.2, 0.25) is 0 Å². The molecule has 1 aliphatic carbocycles. The Kier molecular flexibility index (Phi) is 6.66. The first-order valence-corrected chi connectivity index (χ1v) is 8.75. The molecule has 2 rings (SSSR count). The fourth-order valence-electron chi connectivity index (χ4n) is 3.88. The predicted octanol–water partition coefficient (Wildman–Crippen LogP) is 3.67. The second-order valence-electron chi connectivity index (χ2n) is 6.87. The van der Waals surface area contributed by atoms with Crippen molar-refractivity contribution in [3.63, 3.8) is 0 Å². The monoisotopic (exact) mass is 266 g/mol. The van der Waals surface area contributed by atoms with E-state index < -0.39 is 0 Å². The lowest BCUT2D eigenvalue weighted by Gasteiger charge is -2.30. The Morgan fingerprint density at radius 2 is 1.84 bits per heavy atom. The van der Waals surface area contributed by atoms with Crippen LogP contribution in [0.3, 0.4) is 0 Å². The molecule has 2 fully saturated rings. The largest absolute Gasteiger partial charge is 0.312 e. The van der Waals surface area contributed by atoms with Crippen molar-refractivity contribution in [3.8, 4) is 0 Å². The summed E-state index contributed by atoms with van der Waals surface area (Å²) in [7, 11) is 0. The van der Waals surface area contributed by atoms with E-state index in [0.29, 0.717) is 0 Å². The summed E-state index contributed by atoms with van der Waals surface area (Å²) in [6.07, 6.45) is 11.4. The molecule has 0 amide bonds. The van der Waals surface area contributed by atoms with Crippen LogP contribution >= 0.6 is 0 Å². The second-order valence-corrected chi connectivity index (χ2v) is 6.87. The van der Waals surface area contributed by atoms with Gasteiger partial charge >= 0.3 is 0 Å². The predicted molar refractivity (Wildman–Crippen MR) is 83.5 cm³/mol. The van der Waals surface area contributed by atoms with E-state index in [0.717, 1.165) is 17.9 Å². The third-order valence-corrected chi connectivity index (χ3v) is 5.46. The maximum atomic E-state index is 3.82. The van der Waals surface area contributed by atoms with Gasteiger partial charge in [0.15, 0.2) is 0 Å². The Morgan fingerprint density at radius 3 is 2.63 bits per heavy atom. The van der Waals surface area contributed by atoms with Gasteiger partial charge in [-0.05, 0) is 57.0 Å². The van der Waals surface area contributed by atoms with Gasteiger partial charge in [0, 0.05) is 19.1 Å². The Bertz CT molecular complexity index is 241. The zero-order valence-electron chi connectivity index (χ0n) is 13.2. The quantitative estimate of drug-likeness (QED) is 0.817. The minimum absolute atomic E-state index is 0.795. The fourth-order valence-corrected chi connectivity index (χ4v) is 3.88. The van der Waals surface area contributed by atoms with Gasteiger partial charge in [0.1, 0.15) is 0 Å². The minimum Gasteiger partial charge on any atom is -0.312 e. The summed E-state index contributed by atoms with van der Waals surface area (Å²) in [4.78, 5) is 2.69. The van der Waals surface area contributed by atoms with Crippen LogP contribution in [0.4, 0.5) is 0 Å². The number of hydrogen-bond donors (Lipinski definition) is 1. The van der Waals surface area contributed by atoms with E-state index in [2.05, 4.69) is 24.1 Å². The molecular formula is C17H34N2. The summed E-state index contributed by atoms with van der Waals surface area (Å²) in [5.74, 6) is 1.89. The Hall–Kier alpha value is -0.0800. The topological polar surface area (TPSA) is 15.3 Å². The maximum Gasteiger partial charge on any atom is 0.0107 e. The van der Waals surface area contributed by atoms with Gasteiger partial charge in [-0.2, -0.15) is 0 Å². The van der Waals surface area contributed by atoms with Gasteiger partial charge in [-0.25, -0.2) is 0 Å². The first-order valence-electron chi connectivity index (χ1n) is 8.75. The molecule has 112 valence electrons. The smallest absolute Gasteiger partial charge is 0.0107 e. The molecule has 19 heavy (non-hydrogen) atoms. The number of nitrogens with zero attached hydrogens (tertiary/aromatic N) is 1. The highest BCUT2D eigenvalue weighted by Crippen LogP contribution is 2.23. The summed E-state index contributed by atoms with van der Waals surface area (Å²) >= 11 is 0. The highest BCUT2D eigenvalue weighted by atomic mass is 15.1. The molecule has 3 atom stereocenters. The van der Waals surface area contributed by atoms with Crippen LogP contribution in [0.5, 0.6) is 0 Å². The normalized spacial score (nSPS) is 34.1. The summed E-state index contributed by atoms with van der Waals surface area (Å²) in [6.45, 7) is 9.91. The summed E-state index contributed by atoms with van der Waals surface area (Å²) in [5.41, 5.74) is 0. The van der Waals surface area contributed by atoms with Crippen molar-refractivity contribution in [3.05, 3.63) is 0 Å². The highest BCUT2D eigenvalue weighted by molar-refractivity contribution is 4.79. The summed E-state index contributed by atoms with van der Waals surface area (Å²) < 4.78 is 0. The van der Waals surface area contributed by atoms with Crippen LogP contribution in [-0.2, 0) is 0 Å². The molecular weight excluding hydrogens is 232 g/mol. The summed E-state index contributed by atoms with van der Waals surface area (Å²) in [6, 6.07) is 0.795. The molecule has 1 N–H and O–H groups in total. The van der Waals surface area contributed by atoms with Crippen molar-refractivity contribution in [2.45, 2.75) is 71.3 Å². The number of nitrogens with one attached hydrogen (secondary N) is 1. The molecule has 2 aliphatic rings. The lowest BCUT2D eigenvalue weighted by atomic mass is 9.86. The average molecular weight is 266 g/mol. The lowest BCUT2D eigenvalue weighted by Crippen LogP contribution is -2.41. The van der Waals surface area contributed by atoms with Crippen LogP contribution in [0, 0.1) is 11.8 Å². The van der Waals surface area contributed by atoms with E-state index in [9.17, 15) is 0 Å². The van der Waals surface area contributed by atoms with E-state index in [4.69, 9.17) is 0 Å². The van der Waals surface area contributed by atoms with E-state index >= 15 is 0 Å². The molecule has 0 aromatic carbocycles. The molecule has 0 aromatic heterocycles. The van der Waals surface area contributed by atoms with Crippen molar-refractivity contribution >= 4 is 0 Å². The van der Waals surface area contributed by atoms with Gasteiger partial charge in [-0.3, -0.25) is 0 Å². The molecule has 2 heteroatoms. The molecule has 2 nitrogen and oxygen atoms in total. The number of likely N-dealkylation sites (tertiary alicyclic amines) is 1. The molecule has 1 saturated carbocycles. The van der Waals surface area contributed by atoms with Gasteiger partial charge in [-0.15, -0.1) is 0 Å². The summed E-state index contributed by atoms with van der Waals surface area (Å²) in [5, 5.41) is 3.82. The van der Waals surface area contributed by atoms with Crippen LogP contribution in [0.2, 0.25) is 0 Å². The zero-order chi connectivity index (χ0) is 13.5. The van der Waals surface area contributed by atoms with Crippen LogP contribution in [-0.4, -0.2) is 37.1 Å². The Balaban J connectivity index is 1.62. The number of rotatable bonds is 5. The van der Waals surface area contributed by atoms with E-state index in [-0.39, 0.29) is 0 Å². The van der Waals surface area contributed by atoms with Gasteiger partial charge in [-0.1, -0.05) is 33.1 Å². The molecule has 0 radical (unpaired) electrons. The third-order valence-electron chi connectivity index (χ3n) is 5.46. The second kappa shape index (κ2) is 8.26. The highest BCUT2D eigenvalue weighted by Gasteiger charge is 2.21. The average Bonchev–Trinajstić information content (AvgIpc) is 2.66. The van der Waals surface area contributed by atoms with Crippen molar-refractivity contribution in [1.82, 2.24) is 10.2 Å². The van der Waals surface area contributed by atoms with Gasteiger partial charge in [0.05, 0.1) is 0 Å². The van der Waals surface area contributed by atoms with Gasteiger partial charge < -0.3 is 10.2 Å². The third kappa shape index (κ3) is 5.07. The van der Waals surface area contributed by atoms with Gasteiger partial charge in [0.25, 0.3) is 0 Å².